The van der Waals surface area contributed by atoms with Gasteiger partial charge in [0.1, 0.15) is 0 Å². The summed E-state index contributed by atoms with van der Waals surface area (Å²) in [5, 5.41) is 1.47. The Morgan fingerprint density at radius 2 is 2.32 bits per heavy atom. The molecular formula is C16H21N3. The van der Waals surface area contributed by atoms with E-state index in [1.54, 1.807) is 0 Å². The van der Waals surface area contributed by atoms with Crippen molar-refractivity contribution < 1.29 is 0 Å². The van der Waals surface area contributed by atoms with Crippen LogP contribution < -0.4 is 5.73 Å². The molecule has 3 nitrogen and oxygen atoms in total. The van der Waals surface area contributed by atoms with Crippen molar-refractivity contribution in [2.45, 2.75) is 37.8 Å². The minimum Gasteiger partial charge on any atom is -0.361 e. The second-order valence-electron chi connectivity index (χ2n) is 6.05. The summed E-state index contributed by atoms with van der Waals surface area (Å²) in [6.45, 7) is 4.40. The van der Waals surface area contributed by atoms with Crippen molar-refractivity contribution in [2.75, 3.05) is 13.1 Å². The highest BCUT2D eigenvalue weighted by Gasteiger charge is 2.39. The normalized spacial score (nSPS) is 30.5. The number of aromatic nitrogens is 1. The van der Waals surface area contributed by atoms with E-state index in [-0.39, 0.29) is 0 Å². The number of likely N-dealkylation sites (N-methyl/N-ethyl adjacent to an activating group) is 1. The topological polar surface area (TPSA) is 45.0 Å². The van der Waals surface area contributed by atoms with Crippen LogP contribution in [0.2, 0.25) is 0 Å². The van der Waals surface area contributed by atoms with Crippen LogP contribution in [-0.2, 0) is 6.42 Å². The summed E-state index contributed by atoms with van der Waals surface area (Å²) in [4.78, 5) is 6.00. The van der Waals surface area contributed by atoms with Crippen LogP contribution in [0.1, 0.15) is 30.4 Å². The number of nitrogens with zero attached hydrogens (tertiary/aromatic N) is 1. The van der Waals surface area contributed by atoms with Gasteiger partial charge >= 0.3 is 0 Å². The van der Waals surface area contributed by atoms with Gasteiger partial charge in [0.05, 0.1) is 0 Å². The number of fused-ring (bicyclic) bond motifs is 2. The maximum absolute atomic E-state index is 6.28. The Bertz CT molecular complexity index is 615. The highest BCUT2D eigenvalue weighted by molar-refractivity contribution is 5.88. The lowest BCUT2D eigenvalue weighted by Gasteiger charge is -2.46. The van der Waals surface area contributed by atoms with Crippen LogP contribution in [0.15, 0.2) is 24.4 Å². The van der Waals surface area contributed by atoms with Crippen molar-refractivity contribution >= 4 is 10.9 Å². The summed E-state index contributed by atoms with van der Waals surface area (Å²) >= 11 is 0. The largest absolute Gasteiger partial charge is 0.361 e. The lowest BCUT2D eigenvalue weighted by Crippen LogP contribution is -2.53. The van der Waals surface area contributed by atoms with Gasteiger partial charge in [-0.2, -0.15) is 0 Å². The molecule has 3 heteroatoms. The van der Waals surface area contributed by atoms with Crippen molar-refractivity contribution in [1.82, 2.24) is 9.88 Å². The molecule has 0 spiro atoms. The molecule has 2 aromatic rings. The number of nitrogens with two attached hydrogens (primary N) is 1. The van der Waals surface area contributed by atoms with E-state index in [0.717, 1.165) is 19.5 Å². The van der Waals surface area contributed by atoms with Gasteiger partial charge in [-0.3, -0.25) is 4.90 Å². The molecule has 0 radical (unpaired) electrons. The molecule has 0 bridgehead atoms. The Labute approximate surface area is 113 Å². The first-order valence-corrected chi connectivity index (χ1v) is 7.36. The number of benzene rings is 1. The lowest BCUT2D eigenvalue weighted by molar-refractivity contribution is 0.117. The zero-order valence-corrected chi connectivity index (χ0v) is 11.4. The summed E-state index contributed by atoms with van der Waals surface area (Å²) in [5.74, 6) is 0.607. The van der Waals surface area contributed by atoms with Gasteiger partial charge in [-0.25, -0.2) is 0 Å². The van der Waals surface area contributed by atoms with Gasteiger partial charge in [0.2, 0.25) is 0 Å². The van der Waals surface area contributed by atoms with Crippen molar-refractivity contribution in [3.63, 3.8) is 0 Å². The van der Waals surface area contributed by atoms with Crippen LogP contribution in [0.25, 0.3) is 10.9 Å². The Balaban J connectivity index is 1.88. The molecule has 0 saturated carbocycles. The number of likely N-dealkylation sites (tertiary alicyclic amines) is 1. The van der Waals surface area contributed by atoms with Crippen molar-refractivity contribution in [1.29, 1.82) is 0 Å². The molecule has 1 aliphatic carbocycles. The minimum atomic E-state index is 0.317. The molecular weight excluding hydrogens is 234 g/mol. The van der Waals surface area contributed by atoms with Crippen molar-refractivity contribution in [3.8, 4) is 0 Å². The predicted molar refractivity (Wildman–Crippen MR) is 78.4 cm³/mol. The lowest BCUT2D eigenvalue weighted by atomic mass is 9.74. The molecule has 1 unspecified atom stereocenters. The van der Waals surface area contributed by atoms with Crippen LogP contribution in [0, 0.1) is 0 Å². The SMILES string of the molecule is CCN1C[C@@H](N)CC2c3cccc4[nH]cc(c34)C[C@H]21. The Kier molecular flexibility index (Phi) is 2.47. The minimum absolute atomic E-state index is 0.317. The van der Waals surface area contributed by atoms with Crippen molar-refractivity contribution in [2.24, 2.45) is 5.73 Å². The van der Waals surface area contributed by atoms with Gasteiger partial charge in [0.25, 0.3) is 0 Å². The van der Waals surface area contributed by atoms with E-state index in [1.165, 1.54) is 28.5 Å². The van der Waals surface area contributed by atoms with E-state index in [2.05, 4.69) is 41.2 Å². The van der Waals surface area contributed by atoms with E-state index >= 15 is 0 Å². The van der Waals surface area contributed by atoms with Crippen LogP contribution in [-0.4, -0.2) is 35.1 Å². The molecule has 1 saturated heterocycles. The second-order valence-corrected chi connectivity index (χ2v) is 6.05. The van der Waals surface area contributed by atoms with E-state index < -0.39 is 0 Å². The molecule has 1 fully saturated rings. The summed E-state index contributed by atoms with van der Waals surface area (Å²) in [5.41, 5.74) is 10.6. The number of nitrogens with one attached hydrogen (secondary N) is 1. The maximum atomic E-state index is 6.28. The summed E-state index contributed by atoms with van der Waals surface area (Å²) < 4.78 is 0. The number of H-pyrrole nitrogens is 1. The molecule has 1 aromatic heterocycles. The predicted octanol–water partition coefficient (Wildman–Crippen LogP) is 2.23. The molecule has 1 aromatic carbocycles. The van der Waals surface area contributed by atoms with Gasteiger partial charge in [-0.15, -0.1) is 0 Å². The summed E-state index contributed by atoms with van der Waals surface area (Å²) in [7, 11) is 0. The molecule has 2 aliphatic rings. The highest BCUT2D eigenvalue weighted by Crippen LogP contribution is 2.42. The second kappa shape index (κ2) is 4.09. The first-order valence-electron chi connectivity index (χ1n) is 7.36. The monoisotopic (exact) mass is 255 g/mol. The smallest absolute Gasteiger partial charge is 0.0459 e. The molecule has 100 valence electrons. The van der Waals surface area contributed by atoms with Crippen molar-refractivity contribution in [3.05, 3.63) is 35.5 Å². The first-order chi connectivity index (χ1) is 9.28. The van der Waals surface area contributed by atoms with Gasteiger partial charge < -0.3 is 10.7 Å². The standard InChI is InChI=1S/C16H21N3/c1-2-19-9-11(17)7-13-12-4-3-5-14-16(12)10(8-18-14)6-15(13)19/h3-5,8,11,13,15,18H,2,6-7,9,17H2,1H3/t11-,13?,15+/m0/s1. The van der Waals surface area contributed by atoms with Crippen LogP contribution >= 0.6 is 0 Å². The average molecular weight is 255 g/mol. The Hall–Kier alpha value is -1.32. The Morgan fingerprint density at radius 3 is 3.16 bits per heavy atom. The fourth-order valence-corrected chi connectivity index (χ4v) is 4.20. The third-order valence-electron chi connectivity index (χ3n) is 5.01. The molecule has 19 heavy (non-hydrogen) atoms. The first kappa shape index (κ1) is 11.5. The molecule has 1 aliphatic heterocycles. The average Bonchev–Trinajstić information content (AvgIpc) is 2.84. The summed E-state index contributed by atoms with van der Waals surface area (Å²) in [6, 6.07) is 7.62. The number of piperidine rings is 1. The van der Waals surface area contributed by atoms with Gasteiger partial charge in [-0.05, 0) is 36.6 Å². The zero-order valence-electron chi connectivity index (χ0n) is 11.4. The number of rotatable bonds is 1. The number of hydrogen-bond donors (Lipinski definition) is 2. The van der Waals surface area contributed by atoms with Gasteiger partial charge in [0, 0.05) is 41.6 Å². The molecule has 2 heterocycles. The summed E-state index contributed by atoms with van der Waals surface area (Å²) in [6.07, 6.45) is 4.50. The zero-order chi connectivity index (χ0) is 13.0. The van der Waals surface area contributed by atoms with E-state index in [9.17, 15) is 0 Å². The van der Waals surface area contributed by atoms with E-state index in [1.807, 2.05) is 0 Å². The Morgan fingerprint density at radius 1 is 1.42 bits per heavy atom. The highest BCUT2D eigenvalue weighted by atomic mass is 15.2. The molecule has 3 N–H and O–H groups in total. The van der Waals surface area contributed by atoms with E-state index in [0.29, 0.717) is 18.0 Å². The molecule has 3 atom stereocenters. The third kappa shape index (κ3) is 1.58. The van der Waals surface area contributed by atoms with E-state index in [4.69, 9.17) is 5.73 Å². The number of hydrogen-bond acceptors (Lipinski definition) is 2. The third-order valence-corrected chi connectivity index (χ3v) is 5.01. The number of aromatic amines is 1. The quantitative estimate of drug-likeness (QED) is 0.821. The van der Waals surface area contributed by atoms with Gasteiger partial charge in [-0.1, -0.05) is 19.1 Å². The maximum Gasteiger partial charge on any atom is 0.0459 e. The molecule has 0 amide bonds. The fraction of sp³-hybridized carbons (Fsp3) is 0.500. The fourth-order valence-electron chi connectivity index (χ4n) is 4.20. The van der Waals surface area contributed by atoms with Crippen LogP contribution in [0.3, 0.4) is 0 Å². The van der Waals surface area contributed by atoms with Crippen LogP contribution in [0.4, 0.5) is 0 Å². The van der Waals surface area contributed by atoms with Crippen LogP contribution in [0.5, 0.6) is 0 Å². The van der Waals surface area contributed by atoms with Gasteiger partial charge in [0.15, 0.2) is 0 Å². The molecule has 4 rings (SSSR count).